The topological polar surface area (TPSA) is 102 Å². The first-order chi connectivity index (χ1) is 11.3. The molecular weight excluding hydrogens is 319 g/mol. The Morgan fingerprint density at radius 3 is 2.38 bits per heavy atom. The van der Waals surface area contributed by atoms with Gasteiger partial charge in [-0.2, -0.15) is 0 Å². The lowest BCUT2D eigenvalue weighted by molar-refractivity contribution is -0.384. The van der Waals surface area contributed by atoms with Crippen LogP contribution in [-0.4, -0.2) is 28.1 Å². The molecule has 0 aromatic heterocycles. The van der Waals surface area contributed by atoms with E-state index < -0.39 is 22.2 Å². The highest BCUT2D eigenvalue weighted by Gasteiger charge is 2.31. The summed E-state index contributed by atoms with van der Waals surface area (Å²) >= 11 is 0. The fraction of sp³-hybridized carbons (Fsp3) is 0.188. The summed E-state index contributed by atoms with van der Waals surface area (Å²) < 4.78 is 18.1. The van der Waals surface area contributed by atoms with Crippen molar-refractivity contribution in [3.63, 3.8) is 0 Å². The molecule has 0 spiro atoms. The number of non-ortho nitro benzene ring substituents is 1. The lowest BCUT2D eigenvalue weighted by atomic mass is 10.1. The van der Waals surface area contributed by atoms with E-state index in [0.29, 0.717) is 11.4 Å². The number of benzene rings is 2. The van der Waals surface area contributed by atoms with Crippen LogP contribution in [-0.2, 0) is 4.79 Å². The number of nitrogens with one attached hydrogen (secondary N) is 1. The van der Waals surface area contributed by atoms with Crippen molar-refractivity contribution in [3.05, 3.63) is 64.5 Å². The quantitative estimate of drug-likeness (QED) is 0.624. The average Bonchev–Trinajstić information content (AvgIpc) is 2.55. The molecule has 2 aromatic rings. The van der Waals surface area contributed by atoms with E-state index >= 15 is 0 Å². The van der Waals surface area contributed by atoms with Gasteiger partial charge < -0.3 is 15.2 Å². The molecule has 0 fully saturated rings. The van der Waals surface area contributed by atoms with Crippen molar-refractivity contribution in [3.8, 4) is 5.75 Å². The van der Waals surface area contributed by atoms with Gasteiger partial charge in [0, 0.05) is 17.8 Å². The molecule has 0 radical (unpaired) electrons. The lowest BCUT2D eigenvalue weighted by Crippen LogP contribution is -2.45. The van der Waals surface area contributed by atoms with E-state index in [1.54, 1.807) is 0 Å². The highest BCUT2D eigenvalue weighted by molar-refractivity contribution is 5.97. The molecule has 2 aromatic carbocycles. The van der Waals surface area contributed by atoms with Gasteiger partial charge in [-0.05, 0) is 43.3 Å². The van der Waals surface area contributed by atoms with Gasteiger partial charge in [-0.15, -0.1) is 0 Å². The summed E-state index contributed by atoms with van der Waals surface area (Å²) in [5.74, 6) is -0.858. The van der Waals surface area contributed by atoms with Crippen molar-refractivity contribution >= 4 is 17.3 Å². The number of anilines is 1. The van der Waals surface area contributed by atoms with Gasteiger partial charge in [-0.3, -0.25) is 14.9 Å². The van der Waals surface area contributed by atoms with Gasteiger partial charge in [0.05, 0.1) is 4.92 Å². The van der Waals surface area contributed by atoms with E-state index in [1.807, 2.05) is 0 Å². The summed E-state index contributed by atoms with van der Waals surface area (Å²) in [4.78, 5) is 22.1. The molecule has 0 saturated carbocycles. The molecule has 126 valence electrons. The first-order valence-corrected chi connectivity index (χ1v) is 6.94. The molecule has 7 nitrogen and oxygen atoms in total. The van der Waals surface area contributed by atoms with Gasteiger partial charge in [0.25, 0.3) is 11.6 Å². The summed E-state index contributed by atoms with van der Waals surface area (Å²) in [6.07, 6.45) is 0. The zero-order valence-electron chi connectivity index (χ0n) is 12.7. The minimum Gasteiger partial charge on any atom is -0.490 e. The van der Waals surface area contributed by atoms with E-state index in [2.05, 4.69) is 5.32 Å². The van der Waals surface area contributed by atoms with Crippen LogP contribution in [0.1, 0.15) is 6.92 Å². The maximum absolute atomic E-state index is 12.8. The molecular formula is C16H15FN2O5. The highest BCUT2D eigenvalue weighted by atomic mass is 19.1. The number of aliphatic hydroxyl groups is 1. The van der Waals surface area contributed by atoms with Crippen LogP contribution in [0, 0.1) is 15.9 Å². The Balaban J connectivity index is 1.96. The summed E-state index contributed by atoms with van der Waals surface area (Å²) in [5, 5.41) is 23.2. The Hall–Kier alpha value is -3.00. The van der Waals surface area contributed by atoms with Crippen molar-refractivity contribution in [2.24, 2.45) is 0 Å². The second kappa shape index (κ2) is 7.05. The maximum Gasteiger partial charge on any atom is 0.269 e. The molecule has 24 heavy (non-hydrogen) atoms. The summed E-state index contributed by atoms with van der Waals surface area (Å²) in [5.41, 5.74) is -1.66. The van der Waals surface area contributed by atoms with Crippen LogP contribution in [0.2, 0.25) is 0 Å². The Morgan fingerprint density at radius 1 is 1.25 bits per heavy atom. The minimum absolute atomic E-state index is 0.112. The van der Waals surface area contributed by atoms with Crippen molar-refractivity contribution in [1.82, 2.24) is 0 Å². The van der Waals surface area contributed by atoms with Crippen LogP contribution in [0.3, 0.4) is 0 Å². The molecule has 8 heteroatoms. The second-order valence-electron chi connectivity index (χ2n) is 5.27. The van der Waals surface area contributed by atoms with E-state index in [9.17, 15) is 24.4 Å². The molecule has 0 saturated heterocycles. The Morgan fingerprint density at radius 2 is 1.83 bits per heavy atom. The van der Waals surface area contributed by atoms with Gasteiger partial charge in [-0.25, -0.2) is 4.39 Å². The smallest absolute Gasteiger partial charge is 0.269 e. The SMILES string of the molecule is C[C@](O)(COc1ccc(F)cc1)C(=O)Nc1ccc([N+](=O)[O-])cc1. The molecule has 0 unspecified atom stereocenters. The molecule has 2 N–H and O–H groups in total. The number of carbonyl (C=O) groups is 1. The highest BCUT2D eigenvalue weighted by Crippen LogP contribution is 2.18. The zero-order chi connectivity index (χ0) is 17.7. The average molecular weight is 334 g/mol. The molecule has 2 rings (SSSR count). The second-order valence-corrected chi connectivity index (χ2v) is 5.27. The molecule has 1 amide bonds. The third kappa shape index (κ3) is 4.50. The molecule has 0 heterocycles. The lowest BCUT2D eigenvalue weighted by Gasteiger charge is -2.22. The van der Waals surface area contributed by atoms with E-state index in [0.717, 1.165) is 0 Å². The number of nitro benzene ring substituents is 1. The van der Waals surface area contributed by atoms with Crippen molar-refractivity contribution in [2.75, 3.05) is 11.9 Å². The van der Waals surface area contributed by atoms with Crippen LogP contribution in [0.4, 0.5) is 15.8 Å². The van der Waals surface area contributed by atoms with E-state index in [1.165, 1.54) is 55.5 Å². The zero-order valence-corrected chi connectivity index (χ0v) is 12.7. The van der Waals surface area contributed by atoms with Gasteiger partial charge in [0.2, 0.25) is 0 Å². The molecule has 1 atom stereocenters. The number of rotatable bonds is 6. The number of nitro groups is 1. The third-order valence-electron chi connectivity index (χ3n) is 3.16. The summed E-state index contributed by atoms with van der Waals surface area (Å²) in [6, 6.07) is 10.3. The first-order valence-electron chi connectivity index (χ1n) is 6.94. The van der Waals surface area contributed by atoms with Crippen LogP contribution in [0.5, 0.6) is 5.75 Å². The number of carbonyl (C=O) groups excluding carboxylic acids is 1. The summed E-state index contributed by atoms with van der Waals surface area (Å²) in [6.45, 7) is 0.911. The number of hydrogen-bond acceptors (Lipinski definition) is 5. The molecule has 0 aliphatic rings. The van der Waals surface area contributed by atoms with Crippen molar-refractivity contribution < 1.29 is 24.0 Å². The Kier molecular flexibility index (Phi) is 5.10. The van der Waals surface area contributed by atoms with Crippen LogP contribution >= 0.6 is 0 Å². The van der Waals surface area contributed by atoms with Gasteiger partial charge in [0.15, 0.2) is 5.60 Å². The van der Waals surface area contributed by atoms with E-state index in [4.69, 9.17) is 4.74 Å². The normalized spacial score (nSPS) is 13.0. The number of hydrogen-bond donors (Lipinski definition) is 2. The molecule has 0 bridgehead atoms. The Labute approximate surface area is 136 Å². The largest absolute Gasteiger partial charge is 0.490 e. The molecule has 0 aliphatic carbocycles. The van der Waals surface area contributed by atoms with Crippen molar-refractivity contribution in [2.45, 2.75) is 12.5 Å². The summed E-state index contributed by atoms with van der Waals surface area (Å²) in [7, 11) is 0. The molecule has 0 aliphatic heterocycles. The first kappa shape index (κ1) is 17.4. The number of halogens is 1. The monoisotopic (exact) mass is 334 g/mol. The van der Waals surface area contributed by atoms with Gasteiger partial charge in [-0.1, -0.05) is 0 Å². The standard InChI is InChI=1S/C16H15FN2O5/c1-16(21,10-24-14-8-2-11(17)3-9-14)15(20)18-12-4-6-13(7-5-12)19(22)23/h2-9,21H,10H2,1H3,(H,18,20)/t16-/m0/s1. The maximum atomic E-state index is 12.8. The fourth-order valence-electron chi connectivity index (χ4n) is 1.75. The Bertz CT molecular complexity index is 729. The predicted octanol–water partition coefficient (Wildman–Crippen LogP) is 2.50. The van der Waals surface area contributed by atoms with E-state index in [-0.39, 0.29) is 12.3 Å². The number of nitrogens with zero attached hydrogens (tertiary/aromatic N) is 1. The number of ether oxygens (including phenoxy) is 1. The van der Waals surface area contributed by atoms with Gasteiger partial charge >= 0.3 is 0 Å². The van der Waals surface area contributed by atoms with Crippen molar-refractivity contribution in [1.29, 1.82) is 0 Å². The van der Waals surface area contributed by atoms with Gasteiger partial charge in [0.1, 0.15) is 18.2 Å². The van der Waals surface area contributed by atoms with Crippen LogP contribution < -0.4 is 10.1 Å². The van der Waals surface area contributed by atoms with Crippen LogP contribution in [0.25, 0.3) is 0 Å². The number of amides is 1. The third-order valence-corrected chi connectivity index (χ3v) is 3.16. The van der Waals surface area contributed by atoms with Crippen LogP contribution in [0.15, 0.2) is 48.5 Å². The predicted molar refractivity (Wildman–Crippen MR) is 84.2 cm³/mol. The minimum atomic E-state index is -1.85. The fourth-order valence-corrected chi connectivity index (χ4v) is 1.75.